The molecule has 0 aliphatic carbocycles. The first-order chi connectivity index (χ1) is 9.85. The second kappa shape index (κ2) is 7.44. The van der Waals surface area contributed by atoms with Crippen molar-refractivity contribution in [2.75, 3.05) is 18.1 Å². The molecule has 21 heavy (non-hydrogen) atoms. The van der Waals surface area contributed by atoms with Gasteiger partial charge >= 0.3 is 0 Å². The minimum atomic E-state index is 0.135. The zero-order valence-electron chi connectivity index (χ0n) is 13.9. The van der Waals surface area contributed by atoms with Crippen LogP contribution in [-0.2, 0) is 17.7 Å². The van der Waals surface area contributed by atoms with Gasteiger partial charge in [-0.05, 0) is 33.1 Å². The average Bonchev–Trinajstić information content (AvgIpc) is 2.79. The van der Waals surface area contributed by atoms with Crippen LogP contribution >= 0.6 is 23.1 Å². The van der Waals surface area contributed by atoms with Crippen LogP contribution in [-0.4, -0.2) is 28.6 Å². The predicted molar refractivity (Wildman–Crippen MR) is 93.3 cm³/mol. The third kappa shape index (κ3) is 5.55. The number of thioether (sulfide) groups is 1. The van der Waals surface area contributed by atoms with Crippen LogP contribution in [0, 0.1) is 5.92 Å². The summed E-state index contributed by atoms with van der Waals surface area (Å²) in [6.07, 6.45) is 1.25. The molecule has 0 aromatic carbocycles. The number of ether oxygens (including phenoxy) is 1. The smallest absolute Gasteiger partial charge is 0.123 e. The Labute approximate surface area is 137 Å². The zero-order valence-corrected chi connectivity index (χ0v) is 15.5. The maximum atomic E-state index is 5.89. The van der Waals surface area contributed by atoms with Crippen LogP contribution in [0.2, 0.25) is 0 Å². The van der Waals surface area contributed by atoms with Crippen molar-refractivity contribution >= 4 is 23.1 Å². The first-order valence-corrected chi connectivity index (χ1v) is 9.75. The summed E-state index contributed by atoms with van der Waals surface area (Å²) in [5.41, 5.74) is 1.40. The molecule has 1 fully saturated rings. The van der Waals surface area contributed by atoms with Crippen LogP contribution in [0.15, 0.2) is 0 Å². The highest BCUT2D eigenvalue weighted by atomic mass is 32.2. The van der Waals surface area contributed by atoms with E-state index in [-0.39, 0.29) is 11.6 Å². The maximum absolute atomic E-state index is 5.89. The summed E-state index contributed by atoms with van der Waals surface area (Å²) in [7, 11) is 0. The minimum Gasteiger partial charge on any atom is -0.369 e. The topological polar surface area (TPSA) is 34.1 Å². The first-order valence-electron chi connectivity index (χ1n) is 7.78. The Morgan fingerprint density at radius 2 is 2.14 bits per heavy atom. The average molecular weight is 329 g/mol. The number of nitrogens with one attached hydrogen (secondary N) is 1. The zero-order chi connectivity index (χ0) is 15.5. The van der Waals surface area contributed by atoms with Crippen molar-refractivity contribution in [3.05, 3.63) is 15.6 Å². The summed E-state index contributed by atoms with van der Waals surface area (Å²) in [6.45, 7) is 12.9. The van der Waals surface area contributed by atoms with E-state index >= 15 is 0 Å². The van der Waals surface area contributed by atoms with E-state index in [0.717, 1.165) is 31.1 Å². The molecule has 1 aliphatic heterocycles. The highest BCUT2D eigenvalue weighted by Gasteiger charge is 2.23. The van der Waals surface area contributed by atoms with Gasteiger partial charge in [-0.15, -0.1) is 11.3 Å². The molecule has 120 valence electrons. The van der Waals surface area contributed by atoms with Crippen molar-refractivity contribution in [2.45, 2.75) is 59.2 Å². The molecule has 1 aliphatic rings. The SMILES string of the molecule is CC(C)Cc1nc(C2CSCCO2)sc1CNC(C)(C)C. The summed E-state index contributed by atoms with van der Waals surface area (Å²) in [5.74, 6) is 2.79. The first kappa shape index (κ1) is 17.3. The monoisotopic (exact) mass is 328 g/mol. The lowest BCUT2D eigenvalue weighted by atomic mass is 10.1. The lowest BCUT2D eigenvalue weighted by Gasteiger charge is -2.20. The number of rotatable bonds is 5. The molecule has 2 rings (SSSR count). The fourth-order valence-corrected chi connectivity index (χ4v) is 4.24. The number of nitrogens with zero attached hydrogens (tertiary/aromatic N) is 1. The van der Waals surface area contributed by atoms with Gasteiger partial charge in [-0.1, -0.05) is 13.8 Å². The van der Waals surface area contributed by atoms with Crippen molar-refractivity contribution in [3.8, 4) is 0 Å². The van der Waals surface area contributed by atoms with Gasteiger partial charge in [-0.3, -0.25) is 0 Å². The Balaban J connectivity index is 2.13. The summed E-state index contributed by atoms with van der Waals surface area (Å²) >= 11 is 3.81. The van der Waals surface area contributed by atoms with Gasteiger partial charge < -0.3 is 10.1 Å². The molecule has 2 heterocycles. The van der Waals surface area contributed by atoms with E-state index in [1.54, 1.807) is 0 Å². The molecule has 3 nitrogen and oxygen atoms in total. The number of hydrogen-bond acceptors (Lipinski definition) is 5. The lowest BCUT2D eigenvalue weighted by Crippen LogP contribution is -2.35. The van der Waals surface area contributed by atoms with Crippen LogP contribution in [0.3, 0.4) is 0 Å². The van der Waals surface area contributed by atoms with Gasteiger partial charge in [-0.2, -0.15) is 11.8 Å². The van der Waals surface area contributed by atoms with Crippen LogP contribution in [0.1, 0.15) is 56.3 Å². The van der Waals surface area contributed by atoms with E-state index in [9.17, 15) is 0 Å². The summed E-state index contributed by atoms with van der Waals surface area (Å²) in [5, 5.41) is 4.76. The van der Waals surface area contributed by atoms with E-state index in [2.05, 4.69) is 39.9 Å². The summed E-state index contributed by atoms with van der Waals surface area (Å²) < 4.78 is 5.89. The Morgan fingerprint density at radius 1 is 1.38 bits per heavy atom. The standard InChI is InChI=1S/C16H28N2OS2/c1-11(2)8-12-14(9-17-16(3,4)5)21-15(18-12)13-10-20-7-6-19-13/h11,13,17H,6-10H2,1-5H3. The van der Waals surface area contributed by atoms with Crippen molar-refractivity contribution in [1.29, 1.82) is 0 Å². The number of thiazole rings is 1. The highest BCUT2D eigenvalue weighted by molar-refractivity contribution is 7.99. The molecule has 0 saturated carbocycles. The molecule has 1 atom stereocenters. The molecule has 0 spiro atoms. The second-order valence-electron chi connectivity index (χ2n) is 7.06. The van der Waals surface area contributed by atoms with Crippen LogP contribution in [0.25, 0.3) is 0 Å². The van der Waals surface area contributed by atoms with Gasteiger partial charge in [0.25, 0.3) is 0 Å². The fourth-order valence-electron chi connectivity index (χ4n) is 2.20. The van der Waals surface area contributed by atoms with Gasteiger partial charge in [0.1, 0.15) is 11.1 Å². The van der Waals surface area contributed by atoms with Crippen molar-refractivity contribution < 1.29 is 4.74 Å². The largest absolute Gasteiger partial charge is 0.369 e. The second-order valence-corrected chi connectivity index (χ2v) is 9.32. The molecular formula is C16H28N2OS2. The van der Waals surface area contributed by atoms with Crippen LogP contribution < -0.4 is 5.32 Å². The van der Waals surface area contributed by atoms with Gasteiger partial charge in [0.15, 0.2) is 0 Å². The Bertz CT molecular complexity index is 446. The van der Waals surface area contributed by atoms with Crippen molar-refractivity contribution in [1.82, 2.24) is 10.3 Å². The molecule has 1 aromatic rings. The third-order valence-corrected chi connectivity index (χ3v) is 5.45. The van der Waals surface area contributed by atoms with E-state index in [4.69, 9.17) is 9.72 Å². The fraction of sp³-hybridized carbons (Fsp3) is 0.812. The molecular weight excluding hydrogens is 300 g/mol. The van der Waals surface area contributed by atoms with Crippen LogP contribution in [0.4, 0.5) is 0 Å². The number of aromatic nitrogens is 1. The van der Waals surface area contributed by atoms with Crippen molar-refractivity contribution in [2.24, 2.45) is 5.92 Å². The molecule has 0 radical (unpaired) electrons. The molecule has 5 heteroatoms. The van der Waals surface area contributed by atoms with E-state index in [1.807, 2.05) is 23.1 Å². The normalized spacial score (nSPS) is 20.2. The van der Waals surface area contributed by atoms with Gasteiger partial charge in [0, 0.05) is 28.5 Å². The highest BCUT2D eigenvalue weighted by Crippen LogP contribution is 2.32. The molecule has 1 unspecified atom stereocenters. The number of hydrogen-bond donors (Lipinski definition) is 1. The molecule has 1 saturated heterocycles. The van der Waals surface area contributed by atoms with E-state index in [0.29, 0.717) is 5.92 Å². The molecule has 1 N–H and O–H groups in total. The minimum absolute atomic E-state index is 0.135. The van der Waals surface area contributed by atoms with Gasteiger partial charge in [0.2, 0.25) is 0 Å². The van der Waals surface area contributed by atoms with E-state index in [1.165, 1.54) is 15.6 Å². The molecule has 1 aromatic heterocycles. The van der Waals surface area contributed by atoms with E-state index < -0.39 is 0 Å². The Kier molecular flexibility index (Phi) is 6.12. The lowest BCUT2D eigenvalue weighted by molar-refractivity contribution is 0.0754. The van der Waals surface area contributed by atoms with Gasteiger partial charge in [-0.25, -0.2) is 4.98 Å². The Morgan fingerprint density at radius 3 is 2.71 bits per heavy atom. The van der Waals surface area contributed by atoms with Gasteiger partial charge in [0.05, 0.1) is 12.3 Å². The molecule has 0 bridgehead atoms. The Hall–Kier alpha value is -0.100. The summed E-state index contributed by atoms with van der Waals surface area (Å²) in [4.78, 5) is 6.30. The quantitative estimate of drug-likeness (QED) is 0.885. The molecule has 0 amide bonds. The van der Waals surface area contributed by atoms with Crippen LogP contribution in [0.5, 0.6) is 0 Å². The predicted octanol–water partition coefficient (Wildman–Crippen LogP) is 4.03. The maximum Gasteiger partial charge on any atom is 0.123 e. The van der Waals surface area contributed by atoms with Crippen molar-refractivity contribution in [3.63, 3.8) is 0 Å². The third-order valence-electron chi connectivity index (χ3n) is 3.27. The summed E-state index contributed by atoms with van der Waals surface area (Å²) in [6, 6.07) is 0.